The predicted molar refractivity (Wildman–Crippen MR) is 84.7 cm³/mol. The lowest BCUT2D eigenvalue weighted by Gasteiger charge is -2.26. The molecule has 4 nitrogen and oxygen atoms in total. The second kappa shape index (κ2) is 6.52. The summed E-state index contributed by atoms with van der Waals surface area (Å²) >= 11 is 0. The van der Waals surface area contributed by atoms with Crippen molar-refractivity contribution in [2.75, 3.05) is 6.61 Å². The number of aromatic nitrogens is 1. The lowest BCUT2D eigenvalue weighted by atomic mass is 10.0. The van der Waals surface area contributed by atoms with Gasteiger partial charge in [0.25, 0.3) is 0 Å². The summed E-state index contributed by atoms with van der Waals surface area (Å²) in [5, 5.41) is 1.17. The Kier molecular flexibility index (Phi) is 4.48. The molecule has 0 spiro atoms. The van der Waals surface area contributed by atoms with E-state index >= 15 is 0 Å². The maximum Gasteiger partial charge on any atom is 0.0773 e. The molecule has 1 heterocycles. The van der Waals surface area contributed by atoms with Crippen molar-refractivity contribution < 1.29 is 4.74 Å². The van der Waals surface area contributed by atoms with Gasteiger partial charge in [0.2, 0.25) is 0 Å². The van der Waals surface area contributed by atoms with E-state index in [-0.39, 0.29) is 12.1 Å². The van der Waals surface area contributed by atoms with Gasteiger partial charge in [0.05, 0.1) is 17.7 Å². The topological polar surface area (TPSA) is 60.2 Å². The van der Waals surface area contributed by atoms with E-state index in [0.717, 1.165) is 24.2 Å². The van der Waals surface area contributed by atoms with Crippen molar-refractivity contribution in [3.05, 3.63) is 42.1 Å². The third-order valence-electron chi connectivity index (χ3n) is 4.14. The Bertz CT molecular complexity index is 597. The highest BCUT2D eigenvalue weighted by Gasteiger charge is 2.37. The van der Waals surface area contributed by atoms with Crippen LogP contribution >= 0.6 is 0 Å². The minimum absolute atomic E-state index is 0.117. The number of hydrazine groups is 1. The van der Waals surface area contributed by atoms with E-state index in [2.05, 4.69) is 23.6 Å². The fourth-order valence-corrected chi connectivity index (χ4v) is 2.92. The lowest BCUT2D eigenvalue weighted by molar-refractivity contribution is 0.0190. The number of fused-ring (bicyclic) bond motifs is 1. The number of hydrogen-bond acceptors (Lipinski definition) is 4. The zero-order chi connectivity index (χ0) is 14.7. The molecule has 2 aromatic rings. The Morgan fingerprint density at radius 2 is 2.10 bits per heavy atom. The average molecular weight is 285 g/mol. The first-order chi connectivity index (χ1) is 10.3. The summed E-state index contributed by atoms with van der Waals surface area (Å²) in [6.45, 7) is 2.77. The van der Waals surface area contributed by atoms with Gasteiger partial charge in [-0.2, -0.15) is 0 Å². The molecule has 3 rings (SSSR count). The fourth-order valence-electron chi connectivity index (χ4n) is 2.92. The summed E-state index contributed by atoms with van der Waals surface area (Å²) in [7, 11) is 0. The maximum absolute atomic E-state index is 5.91. The van der Waals surface area contributed by atoms with E-state index in [4.69, 9.17) is 15.6 Å². The van der Waals surface area contributed by atoms with Crippen LogP contribution < -0.4 is 11.3 Å². The number of ether oxygens (including phenoxy) is 1. The van der Waals surface area contributed by atoms with Gasteiger partial charge in [-0.15, -0.1) is 0 Å². The van der Waals surface area contributed by atoms with Gasteiger partial charge in [0.1, 0.15) is 0 Å². The SMILES string of the molecule is CCOC(C1CC1)C(Cc1ccc2ccccc2n1)NN. The maximum atomic E-state index is 5.91. The molecule has 1 saturated carbocycles. The van der Waals surface area contributed by atoms with E-state index in [1.807, 2.05) is 25.1 Å². The highest BCUT2D eigenvalue weighted by atomic mass is 16.5. The van der Waals surface area contributed by atoms with Crippen LogP contribution in [0.1, 0.15) is 25.5 Å². The van der Waals surface area contributed by atoms with E-state index in [9.17, 15) is 0 Å². The zero-order valence-electron chi connectivity index (χ0n) is 12.5. The van der Waals surface area contributed by atoms with Crippen LogP contribution in [0.3, 0.4) is 0 Å². The minimum Gasteiger partial charge on any atom is -0.377 e. The lowest BCUT2D eigenvalue weighted by Crippen LogP contribution is -2.47. The van der Waals surface area contributed by atoms with E-state index in [1.165, 1.54) is 18.2 Å². The normalized spacial score (nSPS) is 17.8. The van der Waals surface area contributed by atoms with Crippen LogP contribution in [-0.2, 0) is 11.2 Å². The van der Waals surface area contributed by atoms with Gasteiger partial charge in [0, 0.05) is 24.1 Å². The molecule has 0 aliphatic heterocycles. The van der Waals surface area contributed by atoms with Gasteiger partial charge >= 0.3 is 0 Å². The Hall–Kier alpha value is -1.49. The third-order valence-corrected chi connectivity index (χ3v) is 4.14. The zero-order valence-corrected chi connectivity index (χ0v) is 12.5. The van der Waals surface area contributed by atoms with Crippen LogP contribution in [0.2, 0.25) is 0 Å². The Labute approximate surface area is 125 Å². The van der Waals surface area contributed by atoms with Crippen molar-refractivity contribution in [2.45, 2.75) is 38.3 Å². The third kappa shape index (κ3) is 3.40. The van der Waals surface area contributed by atoms with Crippen LogP contribution in [0, 0.1) is 5.92 Å². The number of nitrogens with two attached hydrogens (primary N) is 1. The number of para-hydroxylation sites is 1. The molecule has 1 fully saturated rings. The van der Waals surface area contributed by atoms with Gasteiger partial charge in [-0.25, -0.2) is 0 Å². The standard InChI is InChI=1S/C17H23N3O/c1-2-21-17(13-7-8-13)16(20-18)11-14-10-9-12-5-3-4-6-15(12)19-14/h3-6,9-10,13,16-17,20H,2,7-8,11,18H2,1H3. The van der Waals surface area contributed by atoms with Crippen molar-refractivity contribution in [2.24, 2.45) is 11.8 Å². The molecule has 1 aromatic carbocycles. The minimum atomic E-state index is 0.117. The monoisotopic (exact) mass is 285 g/mol. The molecule has 1 aromatic heterocycles. The molecule has 0 bridgehead atoms. The van der Waals surface area contributed by atoms with Crippen molar-refractivity contribution in [1.82, 2.24) is 10.4 Å². The fraction of sp³-hybridized carbons (Fsp3) is 0.471. The summed E-state index contributed by atoms with van der Waals surface area (Å²) in [6, 6.07) is 12.5. The van der Waals surface area contributed by atoms with Gasteiger partial charge in [-0.05, 0) is 37.8 Å². The summed E-state index contributed by atoms with van der Waals surface area (Å²) in [5.74, 6) is 6.42. The van der Waals surface area contributed by atoms with Crippen molar-refractivity contribution >= 4 is 10.9 Å². The van der Waals surface area contributed by atoms with Gasteiger partial charge < -0.3 is 4.74 Å². The van der Waals surface area contributed by atoms with Crippen LogP contribution in [0.5, 0.6) is 0 Å². The number of pyridine rings is 1. The van der Waals surface area contributed by atoms with Crippen LogP contribution in [0.4, 0.5) is 0 Å². The number of benzene rings is 1. The summed E-state index contributed by atoms with van der Waals surface area (Å²) < 4.78 is 5.91. The first-order valence-corrected chi connectivity index (χ1v) is 7.74. The number of nitrogens with zero attached hydrogens (tertiary/aromatic N) is 1. The molecular formula is C17H23N3O. The molecule has 1 aliphatic rings. The molecule has 1 aliphatic carbocycles. The van der Waals surface area contributed by atoms with Crippen LogP contribution in [-0.4, -0.2) is 23.7 Å². The molecule has 3 N–H and O–H groups in total. The van der Waals surface area contributed by atoms with Crippen molar-refractivity contribution in [1.29, 1.82) is 0 Å². The van der Waals surface area contributed by atoms with Gasteiger partial charge in [-0.1, -0.05) is 24.3 Å². The molecule has 112 valence electrons. The van der Waals surface area contributed by atoms with Crippen LogP contribution in [0.15, 0.2) is 36.4 Å². The molecule has 0 saturated heterocycles. The summed E-state index contributed by atoms with van der Waals surface area (Å²) in [5.41, 5.74) is 5.03. The molecule has 2 atom stereocenters. The highest BCUT2D eigenvalue weighted by Crippen LogP contribution is 2.36. The molecule has 0 amide bonds. The van der Waals surface area contributed by atoms with E-state index in [0.29, 0.717) is 5.92 Å². The summed E-state index contributed by atoms with van der Waals surface area (Å²) in [4.78, 5) is 4.73. The molecule has 0 radical (unpaired) electrons. The molecule has 21 heavy (non-hydrogen) atoms. The van der Waals surface area contributed by atoms with Crippen LogP contribution in [0.25, 0.3) is 10.9 Å². The van der Waals surface area contributed by atoms with Crippen molar-refractivity contribution in [3.63, 3.8) is 0 Å². The number of rotatable bonds is 7. The first kappa shape index (κ1) is 14.4. The smallest absolute Gasteiger partial charge is 0.0773 e. The molecular weight excluding hydrogens is 262 g/mol. The van der Waals surface area contributed by atoms with Gasteiger partial charge in [0.15, 0.2) is 0 Å². The average Bonchev–Trinajstić information content (AvgIpc) is 3.35. The van der Waals surface area contributed by atoms with E-state index in [1.54, 1.807) is 0 Å². The molecule has 2 unspecified atom stereocenters. The Morgan fingerprint density at radius 3 is 2.81 bits per heavy atom. The second-order valence-electron chi connectivity index (χ2n) is 5.73. The second-order valence-corrected chi connectivity index (χ2v) is 5.73. The quantitative estimate of drug-likeness (QED) is 0.606. The highest BCUT2D eigenvalue weighted by molar-refractivity contribution is 5.78. The summed E-state index contributed by atoms with van der Waals surface area (Å²) in [6.07, 6.45) is 3.47. The molecule has 4 heteroatoms. The predicted octanol–water partition coefficient (Wildman–Crippen LogP) is 2.42. The van der Waals surface area contributed by atoms with E-state index < -0.39 is 0 Å². The number of hydrogen-bond donors (Lipinski definition) is 2. The Balaban J connectivity index is 1.77. The first-order valence-electron chi connectivity index (χ1n) is 7.74. The Morgan fingerprint density at radius 1 is 1.29 bits per heavy atom. The number of nitrogens with one attached hydrogen (secondary N) is 1. The van der Waals surface area contributed by atoms with Gasteiger partial charge in [-0.3, -0.25) is 16.3 Å². The largest absolute Gasteiger partial charge is 0.377 e. The van der Waals surface area contributed by atoms with Crippen molar-refractivity contribution in [3.8, 4) is 0 Å².